The first kappa shape index (κ1) is 11.7. The van der Waals surface area contributed by atoms with Crippen LogP contribution in [0.4, 0.5) is 0 Å². The maximum absolute atomic E-state index is 11.4. The zero-order chi connectivity index (χ0) is 11.3. The molecule has 1 aromatic heterocycles. The van der Waals surface area contributed by atoms with Crippen molar-refractivity contribution in [3.05, 3.63) is 30.1 Å². The number of nitrogens with zero attached hydrogens (tertiary/aromatic N) is 1. The van der Waals surface area contributed by atoms with E-state index in [2.05, 4.69) is 4.98 Å². The normalized spacial score (nSPS) is 11.1. The molecule has 1 heterocycles. The van der Waals surface area contributed by atoms with Crippen molar-refractivity contribution >= 4 is 5.97 Å². The van der Waals surface area contributed by atoms with Gasteiger partial charge in [-0.1, -0.05) is 6.07 Å². The first-order valence-corrected chi connectivity index (χ1v) is 4.79. The van der Waals surface area contributed by atoms with Crippen molar-refractivity contribution < 1.29 is 14.6 Å². The van der Waals surface area contributed by atoms with Crippen LogP contribution in [0.3, 0.4) is 0 Å². The van der Waals surface area contributed by atoms with Gasteiger partial charge in [0.25, 0.3) is 0 Å². The second-order valence-electron chi connectivity index (χ2n) is 3.91. The Balaban J connectivity index is 2.38. The molecule has 0 fully saturated rings. The van der Waals surface area contributed by atoms with E-state index < -0.39 is 11.6 Å². The lowest BCUT2D eigenvalue weighted by molar-refractivity contribution is 0.0240. The van der Waals surface area contributed by atoms with Gasteiger partial charge in [0.05, 0.1) is 12.2 Å². The summed E-state index contributed by atoms with van der Waals surface area (Å²) in [7, 11) is 0. The predicted molar refractivity (Wildman–Crippen MR) is 55.4 cm³/mol. The number of ether oxygens (including phenoxy) is 1. The summed E-state index contributed by atoms with van der Waals surface area (Å²) >= 11 is 0. The lowest BCUT2D eigenvalue weighted by Gasteiger charge is -2.16. The van der Waals surface area contributed by atoms with Crippen LogP contribution in [0.1, 0.15) is 30.8 Å². The highest BCUT2D eigenvalue weighted by Crippen LogP contribution is 2.07. The van der Waals surface area contributed by atoms with Crippen molar-refractivity contribution in [2.75, 3.05) is 6.61 Å². The third kappa shape index (κ3) is 4.56. The lowest BCUT2D eigenvalue weighted by atomic mass is 10.1. The molecule has 15 heavy (non-hydrogen) atoms. The first-order chi connectivity index (χ1) is 6.99. The summed E-state index contributed by atoms with van der Waals surface area (Å²) in [6.07, 6.45) is 1.94. The van der Waals surface area contributed by atoms with Crippen molar-refractivity contribution in [2.24, 2.45) is 0 Å². The largest absolute Gasteiger partial charge is 0.461 e. The summed E-state index contributed by atoms with van der Waals surface area (Å²) in [6, 6.07) is 5.04. The smallest absolute Gasteiger partial charge is 0.356 e. The number of esters is 1. The zero-order valence-corrected chi connectivity index (χ0v) is 8.93. The van der Waals surface area contributed by atoms with Gasteiger partial charge in [0.1, 0.15) is 5.69 Å². The Bertz CT molecular complexity index is 316. The van der Waals surface area contributed by atoms with Crippen LogP contribution in [0.15, 0.2) is 24.4 Å². The SMILES string of the molecule is CC(C)(O)CCOC(=O)c1ccccn1. The third-order valence-corrected chi connectivity index (χ3v) is 1.82. The molecule has 0 saturated carbocycles. The standard InChI is InChI=1S/C11H15NO3/c1-11(2,14)6-8-15-10(13)9-5-3-4-7-12-9/h3-5,7,14H,6,8H2,1-2H3. The molecule has 82 valence electrons. The zero-order valence-electron chi connectivity index (χ0n) is 8.93. The highest BCUT2D eigenvalue weighted by molar-refractivity contribution is 5.87. The average molecular weight is 209 g/mol. The molecule has 0 radical (unpaired) electrons. The van der Waals surface area contributed by atoms with Gasteiger partial charge in [-0.3, -0.25) is 0 Å². The van der Waals surface area contributed by atoms with Crippen molar-refractivity contribution in [3.8, 4) is 0 Å². The van der Waals surface area contributed by atoms with Crippen LogP contribution < -0.4 is 0 Å². The monoisotopic (exact) mass is 209 g/mol. The third-order valence-electron chi connectivity index (χ3n) is 1.82. The fourth-order valence-corrected chi connectivity index (χ4v) is 0.951. The average Bonchev–Trinajstić information content (AvgIpc) is 2.17. The van der Waals surface area contributed by atoms with E-state index in [1.165, 1.54) is 6.20 Å². The summed E-state index contributed by atoms with van der Waals surface area (Å²) in [5.74, 6) is -0.458. The maximum atomic E-state index is 11.4. The van der Waals surface area contributed by atoms with Gasteiger partial charge in [-0.2, -0.15) is 0 Å². The van der Waals surface area contributed by atoms with Crippen LogP contribution in [0.25, 0.3) is 0 Å². The van der Waals surface area contributed by atoms with E-state index in [0.717, 1.165) is 0 Å². The highest BCUT2D eigenvalue weighted by atomic mass is 16.5. The molecule has 0 aliphatic heterocycles. The Morgan fingerprint density at radius 2 is 2.27 bits per heavy atom. The van der Waals surface area contributed by atoms with E-state index in [-0.39, 0.29) is 12.3 Å². The van der Waals surface area contributed by atoms with E-state index >= 15 is 0 Å². The lowest BCUT2D eigenvalue weighted by Crippen LogP contribution is -2.22. The van der Waals surface area contributed by atoms with Crippen LogP contribution in [0, 0.1) is 0 Å². The molecule has 0 aliphatic carbocycles. The summed E-state index contributed by atoms with van der Waals surface area (Å²) in [4.78, 5) is 15.2. The molecule has 1 N–H and O–H groups in total. The molecule has 4 nitrogen and oxygen atoms in total. The van der Waals surface area contributed by atoms with Gasteiger partial charge in [0.2, 0.25) is 0 Å². The van der Waals surface area contributed by atoms with Crippen molar-refractivity contribution in [2.45, 2.75) is 25.9 Å². The summed E-state index contributed by atoms with van der Waals surface area (Å²) < 4.78 is 4.94. The Morgan fingerprint density at radius 3 is 2.80 bits per heavy atom. The summed E-state index contributed by atoms with van der Waals surface area (Å²) in [6.45, 7) is 3.53. The molecule has 0 atom stereocenters. The molecule has 0 saturated heterocycles. The molecule has 0 bridgehead atoms. The Morgan fingerprint density at radius 1 is 1.53 bits per heavy atom. The first-order valence-electron chi connectivity index (χ1n) is 4.79. The van der Waals surface area contributed by atoms with E-state index in [9.17, 15) is 9.90 Å². The van der Waals surface area contributed by atoms with Crippen LogP contribution in [-0.4, -0.2) is 28.3 Å². The number of aromatic nitrogens is 1. The fraction of sp³-hybridized carbons (Fsp3) is 0.455. The number of pyridine rings is 1. The molecule has 1 aromatic rings. The van der Waals surface area contributed by atoms with Gasteiger partial charge < -0.3 is 9.84 Å². The number of hydrogen-bond acceptors (Lipinski definition) is 4. The maximum Gasteiger partial charge on any atom is 0.356 e. The summed E-state index contributed by atoms with van der Waals surface area (Å²) in [5.41, 5.74) is -0.530. The van der Waals surface area contributed by atoms with Gasteiger partial charge in [0, 0.05) is 12.6 Å². The minimum Gasteiger partial charge on any atom is -0.461 e. The van der Waals surface area contributed by atoms with Crippen molar-refractivity contribution in [1.82, 2.24) is 4.98 Å². The molecule has 1 rings (SSSR count). The van der Waals surface area contributed by atoms with Gasteiger partial charge in [-0.05, 0) is 26.0 Å². The van der Waals surface area contributed by atoms with Crippen LogP contribution >= 0.6 is 0 Å². The topological polar surface area (TPSA) is 59.4 Å². The number of hydrogen-bond donors (Lipinski definition) is 1. The van der Waals surface area contributed by atoms with E-state index in [1.807, 2.05) is 0 Å². The molecular formula is C11H15NO3. The predicted octanol–water partition coefficient (Wildman–Crippen LogP) is 1.40. The number of rotatable bonds is 4. The van der Waals surface area contributed by atoms with Gasteiger partial charge in [-0.15, -0.1) is 0 Å². The Labute approximate surface area is 88.9 Å². The van der Waals surface area contributed by atoms with Crippen LogP contribution in [-0.2, 0) is 4.74 Å². The second kappa shape index (κ2) is 4.89. The van der Waals surface area contributed by atoms with Crippen molar-refractivity contribution in [3.63, 3.8) is 0 Å². The number of carbonyl (C=O) groups excluding carboxylic acids is 1. The molecule has 4 heteroatoms. The van der Waals surface area contributed by atoms with Crippen LogP contribution in [0.5, 0.6) is 0 Å². The minimum absolute atomic E-state index is 0.193. The molecular weight excluding hydrogens is 194 g/mol. The van der Waals surface area contributed by atoms with Gasteiger partial charge in [0.15, 0.2) is 0 Å². The van der Waals surface area contributed by atoms with Crippen molar-refractivity contribution in [1.29, 1.82) is 0 Å². The van der Waals surface area contributed by atoms with Gasteiger partial charge >= 0.3 is 5.97 Å². The number of carbonyl (C=O) groups is 1. The van der Waals surface area contributed by atoms with E-state index in [1.54, 1.807) is 32.0 Å². The highest BCUT2D eigenvalue weighted by Gasteiger charge is 2.14. The molecule has 0 spiro atoms. The quantitative estimate of drug-likeness (QED) is 0.761. The molecule has 0 aliphatic rings. The Hall–Kier alpha value is -1.42. The minimum atomic E-state index is -0.815. The Kier molecular flexibility index (Phi) is 3.80. The van der Waals surface area contributed by atoms with Gasteiger partial charge in [-0.25, -0.2) is 9.78 Å². The van der Waals surface area contributed by atoms with E-state index in [4.69, 9.17) is 4.74 Å². The van der Waals surface area contributed by atoms with E-state index in [0.29, 0.717) is 6.42 Å². The summed E-state index contributed by atoms with van der Waals surface area (Å²) in [5, 5.41) is 9.39. The number of aliphatic hydroxyl groups is 1. The molecule has 0 aromatic carbocycles. The molecule has 0 amide bonds. The second-order valence-corrected chi connectivity index (χ2v) is 3.91. The van der Waals surface area contributed by atoms with Crippen LogP contribution in [0.2, 0.25) is 0 Å². The molecule has 0 unspecified atom stereocenters. The fourth-order valence-electron chi connectivity index (χ4n) is 0.951.